The number of carbonyl (C=O) groups excluding carboxylic acids is 1. The van der Waals surface area contributed by atoms with Gasteiger partial charge in [0, 0.05) is 18.9 Å². The minimum absolute atomic E-state index is 0.0436. The second-order valence-corrected chi connectivity index (χ2v) is 7.80. The first-order chi connectivity index (χ1) is 14.4. The van der Waals surface area contributed by atoms with Gasteiger partial charge in [-0.3, -0.25) is 4.79 Å². The van der Waals surface area contributed by atoms with Crippen molar-refractivity contribution in [3.63, 3.8) is 0 Å². The van der Waals surface area contributed by atoms with Crippen LogP contribution >= 0.6 is 0 Å². The Hall–Kier alpha value is -2.18. The molecule has 0 spiro atoms. The molecule has 0 aromatic heterocycles. The minimum atomic E-state index is -0.271. The Morgan fingerprint density at radius 3 is 2.40 bits per heavy atom. The van der Waals surface area contributed by atoms with E-state index in [0.717, 1.165) is 5.56 Å². The molecule has 0 bridgehead atoms. The standard InChI is InChI=1S/C24H37NO5/c1-18(2)24(29-17-21-12-8-7-9-13-21)20(4)16-30-25-15-22(27-5)19(3)11-10-14-23(26)28-6/h7-13,15,18-20,22,24H,14,16-17H2,1-6H3/t19-,20-,22-,24-/m1/s1. The third-order valence-electron chi connectivity index (χ3n) is 4.87. The van der Waals surface area contributed by atoms with Gasteiger partial charge in [-0.1, -0.05) is 75.3 Å². The lowest BCUT2D eigenvalue weighted by Crippen LogP contribution is -2.30. The van der Waals surface area contributed by atoms with Crippen LogP contribution in [0.5, 0.6) is 0 Å². The maximum absolute atomic E-state index is 11.2. The molecule has 4 atom stereocenters. The van der Waals surface area contributed by atoms with Gasteiger partial charge in [-0.25, -0.2) is 0 Å². The van der Waals surface area contributed by atoms with Crippen LogP contribution in [0.15, 0.2) is 47.6 Å². The summed E-state index contributed by atoms with van der Waals surface area (Å²) in [6.45, 7) is 9.44. The van der Waals surface area contributed by atoms with E-state index in [1.807, 2.05) is 31.2 Å². The van der Waals surface area contributed by atoms with Crippen molar-refractivity contribution in [3.05, 3.63) is 48.0 Å². The predicted octanol–water partition coefficient (Wildman–Crippen LogP) is 4.64. The monoisotopic (exact) mass is 419 g/mol. The first-order valence-electron chi connectivity index (χ1n) is 10.5. The van der Waals surface area contributed by atoms with Gasteiger partial charge in [0.2, 0.25) is 0 Å². The fourth-order valence-electron chi connectivity index (χ4n) is 3.12. The molecule has 1 aromatic rings. The van der Waals surface area contributed by atoms with E-state index in [0.29, 0.717) is 19.1 Å². The molecule has 0 N–H and O–H groups in total. The second-order valence-electron chi connectivity index (χ2n) is 7.80. The number of ether oxygens (including phenoxy) is 3. The summed E-state index contributed by atoms with van der Waals surface area (Å²) in [7, 11) is 3.00. The Morgan fingerprint density at radius 1 is 1.10 bits per heavy atom. The summed E-state index contributed by atoms with van der Waals surface area (Å²) in [6.07, 6.45) is 5.39. The summed E-state index contributed by atoms with van der Waals surface area (Å²) in [4.78, 5) is 16.7. The van der Waals surface area contributed by atoms with Gasteiger partial charge in [0.1, 0.15) is 12.7 Å². The van der Waals surface area contributed by atoms with E-state index >= 15 is 0 Å². The number of nitrogens with zero attached hydrogens (tertiary/aromatic N) is 1. The predicted molar refractivity (Wildman–Crippen MR) is 119 cm³/mol. The molecule has 1 aromatic carbocycles. The summed E-state index contributed by atoms with van der Waals surface area (Å²) in [5.74, 6) is 0.321. The Kier molecular flexibility index (Phi) is 12.7. The normalized spacial score (nSPS) is 16.0. The van der Waals surface area contributed by atoms with Crippen molar-refractivity contribution >= 4 is 12.2 Å². The van der Waals surface area contributed by atoms with Gasteiger partial charge in [0.15, 0.2) is 0 Å². The van der Waals surface area contributed by atoms with Crippen LogP contribution in [0.2, 0.25) is 0 Å². The van der Waals surface area contributed by atoms with Gasteiger partial charge in [-0.2, -0.15) is 0 Å². The molecule has 1 rings (SSSR count). The van der Waals surface area contributed by atoms with Crippen molar-refractivity contribution in [1.29, 1.82) is 0 Å². The molecule has 168 valence electrons. The van der Waals surface area contributed by atoms with Crippen LogP contribution in [-0.4, -0.2) is 45.2 Å². The number of rotatable bonds is 14. The Bertz CT molecular complexity index is 644. The maximum Gasteiger partial charge on any atom is 0.309 e. The van der Waals surface area contributed by atoms with Crippen LogP contribution in [-0.2, 0) is 30.4 Å². The maximum atomic E-state index is 11.2. The van der Waals surface area contributed by atoms with E-state index in [4.69, 9.17) is 14.3 Å². The van der Waals surface area contributed by atoms with E-state index in [2.05, 4.69) is 42.8 Å². The van der Waals surface area contributed by atoms with Gasteiger partial charge in [-0.05, 0) is 11.5 Å². The summed E-state index contributed by atoms with van der Waals surface area (Å²) < 4.78 is 16.2. The lowest BCUT2D eigenvalue weighted by molar-refractivity contribution is -0.139. The third-order valence-corrected chi connectivity index (χ3v) is 4.87. The smallest absolute Gasteiger partial charge is 0.309 e. The van der Waals surface area contributed by atoms with Gasteiger partial charge < -0.3 is 19.0 Å². The van der Waals surface area contributed by atoms with Gasteiger partial charge >= 0.3 is 5.97 Å². The molecule has 0 amide bonds. The Labute approximate surface area is 181 Å². The largest absolute Gasteiger partial charge is 0.469 e. The molecule has 0 aliphatic rings. The molecule has 6 heteroatoms. The number of esters is 1. The lowest BCUT2D eigenvalue weighted by Gasteiger charge is -2.27. The van der Waals surface area contributed by atoms with Crippen LogP contribution in [0.1, 0.15) is 39.7 Å². The first-order valence-corrected chi connectivity index (χ1v) is 10.5. The van der Waals surface area contributed by atoms with E-state index in [-0.39, 0.29) is 36.4 Å². The number of oxime groups is 1. The van der Waals surface area contributed by atoms with Crippen molar-refractivity contribution in [2.75, 3.05) is 20.8 Å². The number of hydrogen-bond donors (Lipinski definition) is 0. The fourth-order valence-corrected chi connectivity index (χ4v) is 3.12. The van der Waals surface area contributed by atoms with Crippen LogP contribution in [0, 0.1) is 17.8 Å². The van der Waals surface area contributed by atoms with Crippen LogP contribution in [0.3, 0.4) is 0 Å². The van der Waals surface area contributed by atoms with Crippen molar-refractivity contribution < 1.29 is 23.8 Å². The molecule has 0 saturated carbocycles. The number of methoxy groups -OCH3 is 2. The van der Waals surface area contributed by atoms with E-state index in [9.17, 15) is 4.79 Å². The molecule has 30 heavy (non-hydrogen) atoms. The lowest BCUT2D eigenvalue weighted by atomic mass is 9.95. The van der Waals surface area contributed by atoms with Crippen molar-refractivity contribution in [3.8, 4) is 0 Å². The average Bonchev–Trinajstić information content (AvgIpc) is 2.74. The SMILES string of the molecule is COC(=O)CC=C[C@@H](C)[C@@H](C=NOC[C@@H](C)[C@H](OCc1ccccc1)C(C)C)OC. The summed E-state index contributed by atoms with van der Waals surface area (Å²) in [5.41, 5.74) is 1.16. The Balaban J connectivity index is 2.48. The van der Waals surface area contributed by atoms with E-state index < -0.39 is 0 Å². The molecule has 0 saturated heterocycles. The van der Waals surface area contributed by atoms with Crippen molar-refractivity contribution in [2.24, 2.45) is 22.9 Å². The highest BCUT2D eigenvalue weighted by Gasteiger charge is 2.22. The van der Waals surface area contributed by atoms with E-state index in [1.54, 1.807) is 19.4 Å². The molecule has 6 nitrogen and oxygen atoms in total. The molecule has 0 aliphatic heterocycles. The minimum Gasteiger partial charge on any atom is -0.469 e. The van der Waals surface area contributed by atoms with Crippen LogP contribution in [0.25, 0.3) is 0 Å². The zero-order chi connectivity index (χ0) is 22.4. The summed E-state index contributed by atoms with van der Waals surface area (Å²) in [6, 6.07) is 10.2. The molecule has 0 heterocycles. The number of carbonyl (C=O) groups is 1. The summed E-state index contributed by atoms with van der Waals surface area (Å²) >= 11 is 0. The van der Waals surface area contributed by atoms with Crippen LogP contribution < -0.4 is 0 Å². The van der Waals surface area contributed by atoms with Crippen LogP contribution in [0.4, 0.5) is 0 Å². The van der Waals surface area contributed by atoms with Gasteiger partial charge in [0.25, 0.3) is 0 Å². The quantitative estimate of drug-likeness (QED) is 0.190. The number of hydrogen-bond acceptors (Lipinski definition) is 6. The van der Waals surface area contributed by atoms with Gasteiger partial charge in [-0.15, -0.1) is 0 Å². The highest BCUT2D eigenvalue weighted by atomic mass is 16.6. The van der Waals surface area contributed by atoms with Gasteiger partial charge in [0.05, 0.1) is 32.5 Å². The number of benzene rings is 1. The molecule has 0 fully saturated rings. The highest BCUT2D eigenvalue weighted by molar-refractivity contribution is 5.71. The topological polar surface area (TPSA) is 66.4 Å². The highest BCUT2D eigenvalue weighted by Crippen LogP contribution is 2.19. The first kappa shape index (κ1) is 25.9. The molecule has 0 radical (unpaired) electrons. The average molecular weight is 420 g/mol. The molecule has 0 unspecified atom stereocenters. The molecular weight excluding hydrogens is 382 g/mol. The molecular formula is C24H37NO5. The third kappa shape index (κ3) is 10.0. The molecule has 0 aliphatic carbocycles. The second kappa shape index (κ2) is 14.7. The Morgan fingerprint density at radius 2 is 1.80 bits per heavy atom. The zero-order valence-electron chi connectivity index (χ0n) is 19.1. The fraction of sp³-hybridized carbons (Fsp3) is 0.583. The van der Waals surface area contributed by atoms with Crippen molar-refractivity contribution in [2.45, 2.75) is 52.9 Å². The summed E-state index contributed by atoms with van der Waals surface area (Å²) in [5, 5.41) is 4.09. The van der Waals surface area contributed by atoms with E-state index in [1.165, 1.54) is 7.11 Å². The zero-order valence-corrected chi connectivity index (χ0v) is 19.1. The van der Waals surface area contributed by atoms with Crippen molar-refractivity contribution in [1.82, 2.24) is 0 Å².